The fourth-order valence-corrected chi connectivity index (χ4v) is 1.89. The summed E-state index contributed by atoms with van der Waals surface area (Å²) in [5.74, 6) is 0.193. The molecule has 0 N–H and O–H groups in total. The first-order valence-electron chi connectivity index (χ1n) is 4.04. The molecule has 1 heterocycles. The van der Waals surface area contributed by atoms with Crippen LogP contribution in [-0.2, 0) is 4.79 Å². The van der Waals surface area contributed by atoms with Crippen molar-refractivity contribution in [3.8, 4) is 0 Å². The third-order valence-corrected chi connectivity index (χ3v) is 2.58. The molecule has 0 aliphatic carbocycles. The van der Waals surface area contributed by atoms with Crippen LogP contribution in [0, 0.1) is 0 Å². The number of hydrogen-bond acceptors (Lipinski definition) is 1. The normalized spacial score (nSPS) is 31.0. The summed E-state index contributed by atoms with van der Waals surface area (Å²) in [5.41, 5.74) is 0. The molecule has 0 unspecified atom stereocenters. The number of alkyl halides is 1. The van der Waals surface area contributed by atoms with Gasteiger partial charge in [0.05, 0.1) is 0 Å². The van der Waals surface area contributed by atoms with Crippen molar-refractivity contribution in [2.75, 3.05) is 5.88 Å². The topological polar surface area (TPSA) is 20.3 Å². The Hall–Kier alpha value is -0.240. The maximum atomic E-state index is 11.2. The lowest BCUT2D eigenvalue weighted by Gasteiger charge is -2.25. The van der Waals surface area contributed by atoms with Gasteiger partial charge in [0.1, 0.15) is 5.88 Å². The van der Waals surface area contributed by atoms with E-state index in [2.05, 4.69) is 13.8 Å². The lowest BCUT2D eigenvalue weighted by atomic mass is 10.2. The van der Waals surface area contributed by atoms with Crippen molar-refractivity contribution in [1.29, 1.82) is 0 Å². The molecule has 2 atom stereocenters. The number of carbonyl (C=O) groups is 1. The number of nitrogens with zero attached hydrogens (tertiary/aromatic N) is 1. The Bertz CT molecular complexity index is 150. The van der Waals surface area contributed by atoms with Crippen LogP contribution in [0.15, 0.2) is 0 Å². The van der Waals surface area contributed by atoms with Crippen molar-refractivity contribution in [1.82, 2.24) is 4.90 Å². The average molecular weight is 176 g/mol. The Morgan fingerprint density at radius 3 is 2.27 bits per heavy atom. The first-order valence-corrected chi connectivity index (χ1v) is 4.57. The van der Waals surface area contributed by atoms with Crippen LogP contribution in [0.4, 0.5) is 0 Å². The largest absolute Gasteiger partial charge is 0.336 e. The smallest absolute Gasteiger partial charge is 0.237 e. The van der Waals surface area contributed by atoms with Crippen LogP contribution in [-0.4, -0.2) is 28.8 Å². The van der Waals surface area contributed by atoms with E-state index in [0.717, 1.165) is 12.8 Å². The minimum Gasteiger partial charge on any atom is -0.336 e. The van der Waals surface area contributed by atoms with E-state index in [1.807, 2.05) is 4.90 Å². The van der Waals surface area contributed by atoms with Gasteiger partial charge in [-0.3, -0.25) is 4.79 Å². The van der Waals surface area contributed by atoms with E-state index >= 15 is 0 Å². The van der Waals surface area contributed by atoms with Gasteiger partial charge in [0.15, 0.2) is 0 Å². The molecular formula is C8H14ClNO. The van der Waals surface area contributed by atoms with Crippen LogP contribution < -0.4 is 0 Å². The summed E-state index contributed by atoms with van der Waals surface area (Å²) in [6.45, 7) is 4.15. The van der Waals surface area contributed by atoms with Gasteiger partial charge < -0.3 is 4.90 Å². The molecule has 1 saturated heterocycles. The summed E-state index contributed by atoms with van der Waals surface area (Å²) in [6.07, 6.45) is 2.23. The van der Waals surface area contributed by atoms with Gasteiger partial charge >= 0.3 is 0 Å². The summed E-state index contributed by atoms with van der Waals surface area (Å²) in [6, 6.07) is 0.771. The number of likely N-dealkylation sites (tertiary alicyclic amines) is 1. The first kappa shape index (κ1) is 8.85. The van der Waals surface area contributed by atoms with E-state index < -0.39 is 0 Å². The van der Waals surface area contributed by atoms with E-state index in [1.54, 1.807) is 0 Å². The fourth-order valence-electron chi connectivity index (χ4n) is 1.76. The van der Waals surface area contributed by atoms with Crippen molar-refractivity contribution in [2.45, 2.75) is 38.8 Å². The van der Waals surface area contributed by atoms with Gasteiger partial charge in [-0.05, 0) is 26.7 Å². The minimum absolute atomic E-state index is 0.0733. The quantitative estimate of drug-likeness (QED) is 0.555. The molecule has 0 aromatic rings. The molecule has 1 aliphatic heterocycles. The summed E-state index contributed by atoms with van der Waals surface area (Å²) in [7, 11) is 0. The summed E-state index contributed by atoms with van der Waals surface area (Å²) in [5, 5.41) is 0. The van der Waals surface area contributed by atoms with E-state index in [9.17, 15) is 4.79 Å². The maximum Gasteiger partial charge on any atom is 0.237 e. The Morgan fingerprint density at radius 1 is 1.45 bits per heavy atom. The number of hydrogen-bond donors (Lipinski definition) is 0. The van der Waals surface area contributed by atoms with Gasteiger partial charge in [-0.15, -0.1) is 11.6 Å². The Balaban J connectivity index is 2.60. The van der Waals surface area contributed by atoms with E-state index in [1.165, 1.54) is 0 Å². The predicted octanol–water partition coefficient (Wildman–Crippen LogP) is 1.62. The van der Waals surface area contributed by atoms with Crippen LogP contribution in [0.5, 0.6) is 0 Å². The van der Waals surface area contributed by atoms with Crippen molar-refractivity contribution in [2.24, 2.45) is 0 Å². The Morgan fingerprint density at radius 2 is 1.91 bits per heavy atom. The summed E-state index contributed by atoms with van der Waals surface area (Å²) in [4.78, 5) is 13.1. The van der Waals surface area contributed by atoms with E-state index in [4.69, 9.17) is 11.6 Å². The average Bonchev–Trinajstić information content (AvgIpc) is 2.30. The zero-order valence-electron chi connectivity index (χ0n) is 7.01. The highest BCUT2D eigenvalue weighted by atomic mass is 35.5. The summed E-state index contributed by atoms with van der Waals surface area (Å²) >= 11 is 5.47. The molecule has 1 aliphatic rings. The molecule has 64 valence electrons. The standard InChI is InChI=1S/C8H14ClNO/c1-6-3-4-7(2)10(6)8(11)5-9/h6-7H,3-5H2,1-2H3/t6-,7-/m1/s1. The molecule has 11 heavy (non-hydrogen) atoms. The molecular weight excluding hydrogens is 162 g/mol. The van der Waals surface area contributed by atoms with Gasteiger partial charge in [-0.25, -0.2) is 0 Å². The van der Waals surface area contributed by atoms with Crippen molar-refractivity contribution in [3.63, 3.8) is 0 Å². The van der Waals surface area contributed by atoms with Gasteiger partial charge in [0.25, 0.3) is 0 Å². The summed E-state index contributed by atoms with van der Waals surface area (Å²) < 4.78 is 0. The molecule has 0 aromatic carbocycles. The van der Waals surface area contributed by atoms with Crippen LogP contribution in [0.3, 0.4) is 0 Å². The zero-order valence-corrected chi connectivity index (χ0v) is 7.77. The second kappa shape index (κ2) is 3.44. The molecule has 3 heteroatoms. The molecule has 1 amide bonds. The van der Waals surface area contributed by atoms with Crippen LogP contribution in [0.25, 0.3) is 0 Å². The monoisotopic (exact) mass is 175 g/mol. The van der Waals surface area contributed by atoms with Gasteiger partial charge in [-0.2, -0.15) is 0 Å². The maximum absolute atomic E-state index is 11.2. The Labute approximate surface area is 72.5 Å². The number of carbonyl (C=O) groups excluding carboxylic acids is 1. The van der Waals surface area contributed by atoms with Gasteiger partial charge in [0.2, 0.25) is 5.91 Å². The molecule has 0 radical (unpaired) electrons. The van der Waals surface area contributed by atoms with Gasteiger partial charge in [-0.1, -0.05) is 0 Å². The highest BCUT2D eigenvalue weighted by molar-refractivity contribution is 6.27. The third kappa shape index (κ3) is 1.67. The second-order valence-electron chi connectivity index (χ2n) is 3.21. The van der Waals surface area contributed by atoms with Crippen molar-refractivity contribution < 1.29 is 4.79 Å². The first-order chi connectivity index (χ1) is 5.16. The van der Waals surface area contributed by atoms with Crippen LogP contribution in [0.2, 0.25) is 0 Å². The predicted molar refractivity (Wildman–Crippen MR) is 45.7 cm³/mol. The van der Waals surface area contributed by atoms with E-state index in [0.29, 0.717) is 12.1 Å². The number of rotatable bonds is 1. The highest BCUT2D eigenvalue weighted by Gasteiger charge is 2.30. The van der Waals surface area contributed by atoms with Gasteiger partial charge in [0, 0.05) is 12.1 Å². The second-order valence-corrected chi connectivity index (χ2v) is 3.48. The molecule has 0 aromatic heterocycles. The third-order valence-electron chi connectivity index (χ3n) is 2.35. The lowest BCUT2D eigenvalue weighted by molar-refractivity contribution is -0.130. The lowest BCUT2D eigenvalue weighted by Crippen LogP contribution is -2.39. The van der Waals surface area contributed by atoms with Crippen LogP contribution in [0.1, 0.15) is 26.7 Å². The Kier molecular flexibility index (Phi) is 2.77. The number of halogens is 1. The molecule has 2 nitrogen and oxygen atoms in total. The highest BCUT2D eigenvalue weighted by Crippen LogP contribution is 2.23. The molecule has 0 bridgehead atoms. The molecule has 1 fully saturated rings. The van der Waals surface area contributed by atoms with Crippen LogP contribution >= 0.6 is 11.6 Å². The number of amides is 1. The SMILES string of the molecule is C[C@@H]1CC[C@@H](C)N1C(=O)CCl. The fraction of sp³-hybridized carbons (Fsp3) is 0.875. The molecule has 0 spiro atoms. The van der Waals surface area contributed by atoms with Crippen molar-refractivity contribution >= 4 is 17.5 Å². The molecule has 0 saturated carbocycles. The molecule has 1 rings (SSSR count). The van der Waals surface area contributed by atoms with E-state index in [-0.39, 0.29) is 11.8 Å². The zero-order chi connectivity index (χ0) is 8.43. The van der Waals surface area contributed by atoms with Crippen molar-refractivity contribution in [3.05, 3.63) is 0 Å². The minimum atomic E-state index is 0.0733.